The Kier molecular flexibility index (Phi) is 7.04. The number of para-hydroxylation sites is 2. The molecule has 11 aromatic rings. The van der Waals surface area contributed by atoms with Crippen LogP contribution < -0.4 is 4.90 Å². The van der Waals surface area contributed by atoms with Crippen LogP contribution >= 0.6 is 11.3 Å². The van der Waals surface area contributed by atoms with Crippen LogP contribution in [0.25, 0.3) is 81.1 Å². The summed E-state index contributed by atoms with van der Waals surface area (Å²) in [4.78, 5) is 3.62. The maximum atomic E-state index is 6.31. The van der Waals surface area contributed by atoms with Crippen molar-refractivity contribution in [2.24, 2.45) is 0 Å². The highest BCUT2D eigenvalue weighted by Crippen LogP contribution is 2.43. The topological polar surface area (TPSA) is 21.3 Å². The van der Waals surface area contributed by atoms with E-state index in [9.17, 15) is 0 Å². The molecule has 0 unspecified atom stereocenters. The average molecular weight is 709 g/mol. The quantitative estimate of drug-likeness (QED) is 0.171. The van der Waals surface area contributed by atoms with Gasteiger partial charge in [-0.3, -0.25) is 0 Å². The number of thiophene rings is 1. The first-order chi connectivity index (χ1) is 26.8. The molecule has 4 heteroatoms. The van der Waals surface area contributed by atoms with Gasteiger partial charge in [-0.05, 0) is 107 Å². The summed E-state index contributed by atoms with van der Waals surface area (Å²) in [5.41, 5.74) is 12.2. The van der Waals surface area contributed by atoms with Crippen molar-refractivity contribution in [2.75, 3.05) is 4.90 Å². The Hall–Kier alpha value is -6.88. The molecule has 0 aliphatic heterocycles. The molecule has 0 radical (unpaired) electrons. The zero-order valence-corrected chi connectivity index (χ0v) is 30.0. The lowest BCUT2D eigenvalue weighted by molar-refractivity contribution is 0.669. The molecule has 0 saturated carbocycles. The van der Waals surface area contributed by atoms with Crippen LogP contribution in [0.2, 0.25) is 0 Å². The van der Waals surface area contributed by atoms with Gasteiger partial charge < -0.3 is 13.9 Å². The van der Waals surface area contributed by atoms with Crippen molar-refractivity contribution in [3.05, 3.63) is 194 Å². The smallest absolute Gasteiger partial charge is 0.136 e. The largest absolute Gasteiger partial charge is 0.456 e. The molecule has 0 bridgehead atoms. The van der Waals surface area contributed by atoms with Crippen molar-refractivity contribution in [2.45, 2.75) is 0 Å². The van der Waals surface area contributed by atoms with E-state index in [-0.39, 0.29) is 0 Å². The summed E-state index contributed by atoms with van der Waals surface area (Å²) in [6.07, 6.45) is 0. The number of hydrogen-bond donors (Lipinski definition) is 0. The van der Waals surface area contributed by atoms with Gasteiger partial charge >= 0.3 is 0 Å². The third-order valence-corrected chi connectivity index (χ3v) is 11.8. The highest BCUT2D eigenvalue weighted by atomic mass is 32.1. The van der Waals surface area contributed by atoms with Crippen LogP contribution in [-0.4, -0.2) is 4.57 Å². The molecule has 54 heavy (non-hydrogen) atoms. The Morgan fingerprint density at radius 1 is 0.426 bits per heavy atom. The van der Waals surface area contributed by atoms with Crippen LogP contribution in [0.4, 0.5) is 17.1 Å². The molecule has 3 nitrogen and oxygen atoms in total. The number of aromatic nitrogens is 1. The Morgan fingerprint density at radius 2 is 1.04 bits per heavy atom. The van der Waals surface area contributed by atoms with Crippen molar-refractivity contribution in [3.63, 3.8) is 0 Å². The summed E-state index contributed by atoms with van der Waals surface area (Å²) in [6, 6.07) is 69.7. The lowest BCUT2D eigenvalue weighted by atomic mass is 10.0. The van der Waals surface area contributed by atoms with Gasteiger partial charge in [-0.1, -0.05) is 109 Å². The van der Waals surface area contributed by atoms with Crippen molar-refractivity contribution in [1.29, 1.82) is 0 Å². The van der Waals surface area contributed by atoms with Crippen LogP contribution in [0.1, 0.15) is 0 Å². The summed E-state index contributed by atoms with van der Waals surface area (Å²) in [6.45, 7) is 0. The minimum Gasteiger partial charge on any atom is -0.456 e. The van der Waals surface area contributed by atoms with Crippen molar-refractivity contribution < 1.29 is 4.42 Å². The summed E-state index contributed by atoms with van der Waals surface area (Å²) < 4.78 is 10.0. The number of rotatable bonds is 6. The first kappa shape index (κ1) is 30.7. The molecule has 11 rings (SSSR count). The zero-order valence-electron chi connectivity index (χ0n) is 29.2. The van der Waals surface area contributed by atoms with E-state index in [0.29, 0.717) is 0 Å². The second-order valence-corrected chi connectivity index (χ2v) is 14.8. The van der Waals surface area contributed by atoms with Gasteiger partial charge in [0, 0.05) is 53.9 Å². The maximum Gasteiger partial charge on any atom is 0.136 e. The van der Waals surface area contributed by atoms with E-state index in [1.807, 2.05) is 17.4 Å². The van der Waals surface area contributed by atoms with Crippen molar-refractivity contribution in [3.8, 4) is 27.3 Å². The Balaban J connectivity index is 1.03. The van der Waals surface area contributed by atoms with E-state index in [4.69, 9.17) is 4.42 Å². The summed E-state index contributed by atoms with van der Waals surface area (Å²) in [5, 5.41) is 6.03. The lowest BCUT2D eigenvalue weighted by Gasteiger charge is -2.26. The number of hydrogen-bond acceptors (Lipinski definition) is 3. The van der Waals surface area contributed by atoms with Crippen LogP contribution in [0.5, 0.6) is 0 Å². The molecule has 0 saturated heterocycles. The van der Waals surface area contributed by atoms with Crippen molar-refractivity contribution in [1.82, 2.24) is 4.57 Å². The lowest BCUT2D eigenvalue weighted by Crippen LogP contribution is -2.10. The van der Waals surface area contributed by atoms with Crippen LogP contribution in [-0.2, 0) is 0 Å². The van der Waals surface area contributed by atoms with Gasteiger partial charge in [0.1, 0.15) is 11.2 Å². The molecule has 0 aliphatic rings. The van der Waals surface area contributed by atoms with E-state index in [2.05, 4.69) is 198 Å². The SMILES string of the molecule is c1ccc(-c2ccc(N(c3ccc(-c4cc5ccccc5s4)cc3)c3ccc(-n4c5ccccc5c5c6c(ccc54)oc4ccccc46)cc3)cc2)cc1. The van der Waals surface area contributed by atoms with Gasteiger partial charge in [0.05, 0.1) is 11.0 Å². The monoisotopic (exact) mass is 708 g/mol. The predicted molar refractivity (Wildman–Crippen MR) is 229 cm³/mol. The van der Waals surface area contributed by atoms with Gasteiger partial charge in [-0.25, -0.2) is 0 Å². The molecule has 0 atom stereocenters. The molecule has 254 valence electrons. The number of anilines is 3. The maximum absolute atomic E-state index is 6.31. The van der Waals surface area contributed by atoms with Crippen LogP contribution in [0.15, 0.2) is 199 Å². The highest BCUT2D eigenvalue weighted by molar-refractivity contribution is 7.22. The van der Waals surface area contributed by atoms with E-state index >= 15 is 0 Å². The zero-order chi connectivity index (χ0) is 35.6. The first-order valence-corrected chi connectivity index (χ1v) is 19.1. The van der Waals surface area contributed by atoms with Crippen LogP contribution in [0, 0.1) is 0 Å². The molecule has 0 fully saturated rings. The molecule has 0 spiro atoms. The average Bonchev–Trinajstić information content (AvgIpc) is 3.94. The summed E-state index contributed by atoms with van der Waals surface area (Å²) in [7, 11) is 0. The Bertz CT molecular complexity index is 3100. The summed E-state index contributed by atoms with van der Waals surface area (Å²) >= 11 is 1.84. The van der Waals surface area contributed by atoms with Gasteiger partial charge in [0.25, 0.3) is 0 Å². The standard InChI is InChI=1S/C50H32N2OS/c1-2-10-33(11-3-1)34-18-22-37(23-19-34)51(38-24-20-35(21-25-38)48-32-36-12-4-9-17-47(36)54-48)39-26-28-40(29-27-39)52-43-15-7-5-13-41(43)49-44(52)30-31-46-50(49)42-14-6-8-16-45(42)53-46/h1-32H. The first-order valence-electron chi connectivity index (χ1n) is 18.3. The van der Waals surface area contributed by atoms with E-state index in [0.717, 1.165) is 44.8 Å². The molecule has 3 aromatic heterocycles. The minimum absolute atomic E-state index is 0.911. The molecule has 8 aromatic carbocycles. The number of furan rings is 1. The second-order valence-electron chi connectivity index (χ2n) is 13.7. The molecular formula is C50H32N2OS. The van der Waals surface area contributed by atoms with E-state index in [1.54, 1.807) is 0 Å². The third kappa shape index (κ3) is 4.96. The fraction of sp³-hybridized carbons (Fsp3) is 0. The fourth-order valence-corrected chi connectivity index (χ4v) is 9.15. The third-order valence-electron chi connectivity index (χ3n) is 10.6. The molecule has 0 amide bonds. The van der Waals surface area contributed by atoms with Gasteiger partial charge in [0.15, 0.2) is 0 Å². The van der Waals surface area contributed by atoms with Crippen molar-refractivity contribution >= 4 is 82.2 Å². The number of benzene rings is 8. The Labute approximate surface area is 316 Å². The molecule has 3 heterocycles. The van der Waals surface area contributed by atoms with Gasteiger partial charge in [-0.2, -0.15) is 0 Å². The molecule has 0 aliphatic carbocycles. The Morgan fingerprint density at radius 3 is 1.80 bits per heavy atom. The van der Waals surface area contributed by atoms with Gasteiger partial charge in [-0.15, -0.1) is 11.3 Å². The van der Waals surface area contributed by atoms with E-state index in [1.165, 1.54) is 53.3 Å². The predicted octanol–water partition coefficient (Wildman–Crippen LogP) is 14.7. The molecule has 0 N–H and O–H groups in total. The second kappa shape index (κ2) is 12.4. The molecular weight excluding hydrogens is 677 g/mol. The normalized spacial score (nSPS) is 11.7. The fourth-order valence-electron chi connectivity index (χ4n) is 8.08. The minimum atomic E-state index is 0.911. The number of fused-ring (bicyclic) bond motifs is 8. The van der Waals surface area contributed by atoms with E-state index < -0.39 is 0 Å². The number of nitrogens with zero attached hydrogens (tertiary/aromatic N) is 2. The highest BCUT2D eigenvalue weighted by Gasteiger charge is 2.19. The van der Waals surface area contributed by atoms with Gasteiger partial charge in [0.2, 0.25) is 0 Å². The summed E-state index contributed by atoms with van der Waals surface area (Å²) in [5.74, 6) is 0. The van der Waals surface area contributed by atoms with Crippen LogP contribution in [0.3, 0.4) is 0 Å².